The van der Waals surface area contributed by atoms with Crippen LogP contribution in [0, 0.1) is 0 Å². The van der Waals surface area contributed by atoms with E-state index in [9.17, 15) is 5.11 Å². The van der Waals surface area contributed by atoms with Gasteiger partial charge < -0.3 is 17.1 Å². The van der Waals surface area contributed by atoms with Crippen LogP contribution >= 0.6 is 48.8 Å². The van der Waals surface area contributed by atoms with Crippen LogP contribution in [0.4, 0.5) is 0 Å². The van der Waals surface area contributed by atoms with Gasteiger partial charge in [-0.3, -0.25) is 4.18 Å². The third-order valence-corrected chi connectivity index (χ3v) is 2.85. The highest BCUT2D eigenvalue weighted by Gasteiger charge is 2.41. The minimum atomic E-state index is -0.847. The highest BCUT2D eigenvalue weighted by molar-refractivity contribution is 14.1. The SMILES string of the molecule is O[C@H]1[C@H](OS)[C@H](OS)OC[C@H]1OI. The molecule has 0 aromatic carbocycles. The summed E-state index contributed by atoms with van der Waals surface area (Å²) in [6.07, 6.45) is -2.74. The summed E-state index contributed by atoms with van der Waals surface area (Å²) in [5, 5.41) is 9.63. The molecule has 1 saturated heterocycles. The third kappa shape index (κ3) is 2.84. The van der Waals surface area contributed by atoms with E-state index >= 15 is 0 Å². The van der Waals surface area contributed by atoms with Crippen LogP contribution in [-0.2, 0) is 16.2 Å². The maximum Gasteiger partial charge on any atom is 0.200 e. The molecule has 5 nitrogen and oxygen atoms in total. The number of rotatable bonds is 3. The lowest BCUT2D eigenvalue weighted by molar-refractivity contribution is -0.216. The molecular weight excluding hydrogens is 331 g/mol. The molecule has 1 N–H and O–H groups in total. The molecule has 1 fully saturated rings. The first kappa shape index (κ1) is 12.3. The average Bonchev–Trinajstić information content (AvgIpc) is 2.17. The van der Waals surface area contributed by atoms with Crippen molar-refractivity contribution < 1.29 is 21.3 Å². The summed E-state index contributed by atoms with van der Waals surface area (Å²) >= 11 is 8.87. The molecule has 0 amide bonds. The molecule has 8 heteroatoms. The van der Waals surface area contributed by atoms with Crippen molar-refractivity contribution in [3.05, 3.63) is 0 Å². The fraction of sp³-hybridized carbons (Fsp3) is 1.00. The monoisotopic (exact) mass is 340 g/mol. The molecule has 13 heavy (non-hydrogen) atoms. The first-order valence-electron chi connectivity index (χ1n) is 3.42. The molecule has 1 heterocycles. The van der Waals surface area contributed by atoms with Gasteiger partial charge in [0.25, 0.3) is 0 Å². The molecule has 0 unspecified atom stereocenters. The van der Waals surface area contributed by atoms with Crippen molar-refractivity contribution in [2.45, 2.75) is 24.6 Å². The number of halogens is 1. The summed E-state index contributed by atoms with van der Waals surface area (Å²) in [5.41, 5.74) is 0. The summed E-state index contributed by atoms with van der Waals surface area (Å²) in [5.74, 6) is 0. The molecule has 78 valence electrons. The first-order valence-corrected chi connectivity index (χ1v) is 5.03. The number of thiol groups is 2. The Bertz CT molecular complexity index is 162. The minimum Gasteiger partial charge on any atom is -0.387 e. The van der Waals surface area contributed by atoms with E-state index < -0.39 is 24.6 Å². The second kappa shape index (κ2) is 5.95. The number of ether oxygens (including phenoxy) is 1. The lowest BCUT2D eigenvalue weighted by atomic mass is 10.1. The fourth-order valence-corrected chi connectivity index (χ4v) is 1.89. The maximum atomic E-state index is 9.63. The van der Waals surface area contributed by atoms with Crippen LogP contribution in [0.2, 0.25) is 0 Å². The molecule has 0 saturated carbocycles. The zero-order valence-electron chi connectivity index (χ0n) is 6.37. The summed E-state index contributed by atoms with van der Waals surface area (Å²) in [7, 11) is 0. The maximum absolute atomic E-state index is 9.63. The Labute approximate surface area is 101 Å². The molecule has 1 rings (SSSR count). The predicted octanol–water partition coefficient (Wildman–Crippen LogP) is 0.530. The van der Waals surface area contributed by atoms with E-state index in [1.165, 1.54) is 0 Å². The Morgan fingerprint density at radius 3 is 2.54 bits per heavy atom. The number of hydrogen-bond donors (Lipinski definition) is 3. The van der Waals surface area contributed by atoms with Crippen molar-refractivity contribution in [3.8, 4) is 0 Å². The molecule has 0 bridgehead atoms. The van der Waals surface area contributed by atoms with Crippen LogP contribution in [-0.4, -0.2) is 36.3 Å². The third-order valence-electron chi connectivity index (χ3n) is 1.75. The Hall–Kier alpha value is 1.23. The quantitative estimate of drug-likeness (QED) is 0.398. The van der Waals surface area contributed by atoms with Gasteiger partial charge in [-0.25, -0.2) is 0 Å². The standard InChI is InChI=1S/C5H9IO5S2/c6-9-2-1-8-5(11-13)4(10-12)3(2)7/h2-5,7,12-13H,1H2/t2-,3-,4+,5+/m1/s1. The summed E-state index contributed by atoms with van der Waals surface area (Å²) in [4.78, 5) is 0. The van der Waals surface area contributed by atoms with Crippen molar-refractivity contribution >= 4 is 48.8 Å². The van der Waals surface area contributed by atoms with Crippen LogP contribution < -0.4 is 0 Å². The Morgan fingerprint density at radius 2 is 2.08 bits per heavy atom. The highest BCUT2D eigenvalue weighted by atomic mass is 127. The molecule has 1 aliphatic rings. The van der Waals surface area contributed by atoms with Gasteiger partial charge in [-0.2, -0.15) is 0 Å². The Morgan fingerprint density at radius 1 is 1.38 bits per heavy atom. The molecule has 0 aromatic rings. The average molecular weight is 340 g/mol. The van der Waals surface area contributed by atoms with E-state index in [2.05, 4.69) is 30.0 Å². The molecule has 0 aliphatic carbocycles. The van der Waals surface area contributed by atoms with Gasteiger partial charge in [-0.15, -0.1) is 0 Å². The first-order chi connectivity index (χ1) is 6.24. The van der Waals surface area contributed by atoms with Gasteiger partial charge in [-0.1, -0.05) is 0 Å². The Balaban J connectivity index is 2.59. The van der Waals surface area contributed by atoms with Crippen LogP contribution in [0.25, 0.3) is 0 Å². The van der Waals surface area contributed by atoms with Crippen molar-refractivity contribution in [1.29, 1.82) is 0 Å². The fourth-order valence-electron chi connectivity index (χ4n) is 1.04. The van der Waals surface area contributed by atoms with Crippen LogP contribution in [0.1, 0.15) is 0 Å². The van der Waals surface area contributed by atoms with Crippen molar-refractivity contribution in [3.63, 3.8) is 0 Å². The second-order valence-electron chi connectivity index (χ2n) is 2.50. The predicted molar refractivity (Wildman–Crippen MR) is 58.6 cm³/mol. The summed E-state index contributed by atoms with van der Waals surface area (Å²) in [6, 6.07) is 0. The van der Waals surface area contributed by atoms with Gasteiger partial charge in [-0.05, 0) is 25.8 Å². The van der Waals surface area contributed by atoms with Crippen LogP contribution in [0.5, 0.6) is 0 Å². The van der Waals surface area contributed by atoms with E-state index in [1.54, 1.807) is 23.0 Å². The van der Waals surface area contributed by atoms with Gasteiger partial charge in [0.05, 0.1) is 6.61 Å². The van der Waals surface area contributed by atoms with Crippen LogP contribution in [0.15, 0.2) is 0 Å². The van der Waals surface area contributed by atoms with Gasteiger partial charge in [0, 0.05) is 0 Å². The largest absolute Gasteiger partial charge is 0.387 e. The van der Waals surface area contributed by atoms with E-state index in [4.69, 9.17) is 12.0 Å². The topological polar surface area (TPSA) is 57.2 Å². The molecule has 4 atom stereocenters. The zero-order valence-corrected chi connectivity index (χ0v) is 10.3. The molecule has 0 aromatic heterocycles. The van der Waals surface area contributed by atoms with E-state index in [0.717, 1.165) is 0 Å². The molecular formula is C5H9IO5S2. The molecule has 1 aliphatic heterocycles. The van der Waals surface area contributed by atoms with E-state index in [0.29, 0.717) is 0 Å². The normalized spacial score (nSPS) is 40.6. The minimum absolute atomic E-state index is 0.225. The summed E-state index contributed by atoms with van der Waals surface area (Å²) in [6.45, 7) is 0.225. The van der Waals surface area contributed by atoms with Gasteiger partial charge >= 0.3 is 0 Å². The van der Waals surface area contributed by atoms with E-state index in [-0.39, 0.29) is 6.61 Å². The number of aliphatic hydroxyl groups excluding tert-OH is 1. The molecule has 0 spiro atoms. The second-order valence-corrected chi connectivity index (χ2v) is 3.43. The number of hydrogen-bond acceptors (Lipinski definition) is 7. The summed E-state index contributed by atoms with van der Waals surface area (Å²) < 4.78 is 19.4. The molecule has 0 radical (unpaired) electrons. The Kier molecular flexibility index (Phi) is 5.63. The number of aliphatic hydroxyl groups is 1. The highest BCUT2D eigenvalue weighted by Crippen LogP contribution is 2.24. The van der Waals surface area contributed by atoms with Gasteiger partial charge in [0.1, 0.15) is 35.2 Å². The van der Waals surface area contributed by atoms with Crippen molar-refractivity contribution in [2.24, 2.45) is 0 Å². The van der Waals surface area contributed by atoms with Crippen molar-refractivity contribution in [1.82, 2.24) is 0 Å². The van der Waals surface area contributed by atoms with Crippen molar-refractivity contribution in [2.75, 3.05) is 6.61 Å². The van der Waals surface area contributed by atoms with Gasteiger partial charge in [0.15, 0.2) is 12.4 Å². The van der Waals surface area contributed by atoms with Crippen LogP contribution in [0.3, 0.4) is 0 Å². The lowest BCUT2D eigenvalue weighted by Gasteiger charge is -2.35. The van der Waals surface area contributed by atoms with E-state index in [1.807, 2.05) is 0 Å². The smallest absolute Gasteiger partial charge is 0.200 e. The van der Waals surface area contributed by atoms with Gasteiger partial charge in [0.2, 0.25) is 0 Å². The lowest BCUT2D eigenvalue weighted by Crippen LogP contribution is -2.53. The zero-order chi connectivity index (χ0) is 9.84.